The molecule has 4 heterocycles. The van der Waals surface area contributed by atoms with Gasteiger partial charge >= 0.3 is 0 Å². The minimum absolute atomic E-state index is 0.855. The van der Waals surface area contributed by atoms with Crippen molar-refractivity contribution in [3.8, 4) is 44.9 Å². The molecule has 0 amide bonds. The number of hydrogen-bond acceptors (Lipinski definition) is 5. The van der Waals surface area contributed by atoms with Gasteiger partial charge in [-0.2, -0.15) is 0 Å². The standard InChI is InChI=1S/C25H17N5/c1-3-19(25-17-28-13-14-29-25)4-2-18(1)22-15-23(20-5-9-26-10-6-20)30-24(16-22)21-7-11-27-12-8-21/h1-17H. The molecular formula is C25H17N5. The van der Waals surface area contributed by atoms with Gasteiger partial charge in [-0.25, -0.2) is 4.98 Å². The molecule has 5 aromatic rings. The zero-order valence-corrected chi connectivity index (χ0v) is 16.1. The van der Waals surface area contributed by atoms with Crippen molar-refractivity contribution in [1.29, 1.82) is 0 Å². The predicted molar refractivity (Wildman–Crippen MR) is 117 cm³/mol. The maximum Gasteiger partial charge on any atom is 0.0885 e. The quantitative estimate of drug-likeness (QED) is 0.417. The van der Waals surface area contributed by atoms with Gasteiger partial charge in [-0.15, -0.1) is 0 Å². The summed E-state index contributed by atoms with van der Waals surface area (Å²) < 4.78 is 0. The summed E-state index contributed by atoms with van der Waals surface area (Å²) in [5.74, 6) is 0. The van der Waals surface area contributed by atoms with E-state index >= 15 is 0 Å². The molecule has 0 saturated carbocycles. The average molecular weight is 387 g/mol. The van der Waals surface area contributed by atoms with Gasteiger partial charge in [-0.3, -0.25) is 19.9 Å². The summed E-state index contributed by atoms with van der Waals surface area (Å²) in [7, 11) is 0. The van der Waals surface area contributed by atoms with Crippen LogP contribution in [0, 0.1) is 0 Å². The van der Waals surface area contributed by atoms with E-state index in [4.69, 9.17) is 4.98 Å². The summed E-state index contributed by atoms with van der Waals surface area (Å²) in [4.78, 5) is 21.7. The Labute approximate surface area is 174 Å². The molecule has 0 aliphatic carbocycles. The highest BCUT2D eigenvalue weighted by molar-refractivity contribution is 5.77. The molecule has 0 unspecified atom stereocenters. The first-order valence-electron chi connectivity index (χ1n) is 9.56. The van der Waals surface area contributed by atoms with E-state index in [2.05, 4.69) is 56.3 Å². The molecule has 0 N–H and O–H groups in total. The first-order chi connectivity index (χ1) is 14.9. The van der Waals surface area contributed by atoms with Gasteiger partial charge in [0.05, 0.1) is 23.3 Å². The van der Waals surface area contributed by atoms with Gasteiger partial charge in [-0.05, 0) is 47.5 Å². The number of nitrogens with zero attached hydrogens (tertiary/aromatic N) is 5. The van der Waals surface area contributed by atoms with Crippen LogP contribution in [-0.4, -0.2) is 24.9 Å². The van der Waals surface area contributed by atoms with E-state index in [1.807, 2.05) is 24.3 Å². The molecule has 0 aliphatic rings. The van der Waals surface area contributed by atoms with E-state index < -0.39 is 0 Å². The lowest BCUT2D eigenvalue weighted by atomic mass is 9.99. The molecule has 0 radical (unpaired) electrons. The van der Waals surface area contributed by atoms with Crippen LogP contribution in [0.5, 0.6) is 0 Å². The second-order valence-electron chi connectivity index (χ2n) is 6.77. The van der Waals surface area contributed by atoms with Crippen molar-refractivity contribution in [2.75, 3.05) is 0 Å². The SMILES string of the molecule is c1cc(-c2cc(-c3ccc(-c4cnccn4)cc3)cc(-c3ccncc3)n2)ccn1. The minimum Gasteiger partial charge on any atom is -0.265 e. The molecule has 0 fully saturated rings. The largest absolute Gasteiger partial charge is 0.265 e. The Morgan fingerprint density at radius 3 is 1.47 bits per heavy atom. The molecule has 4 aromatic heterocycles. The van der Waals surface area contributed by atoms with Crippen molar-refractivity contribution in [3.05, 3.63) is 104 Å². The molecule has 142 valence electrons. The van der Waals surface area contributed by atoms with Gasteiger partial charge in [0.15, 0.2) is 0 Å². The van der Waals surface area contributed by atoms with Gasteiger partial charge in [-0.1, -0.05) is 24.3 Å². The molecule has 5 heteroatoms. The van der Waals surface area contributed by atoms with Crippen LogP contribution in [-0.2, 0) is 0 Å². The Balaban J connectivity index is 1.60. The van der Waals surface area contributed by atoms with Crippen molar-refractivity contribution < 1.29 is 0 Å². The Hall–Kier alpha value is -4.25. The Kier molecular flexibility index (Phi) is 4.76. The number of pyridine rings is 3. The first-order valence-corrected chi connectivity index (χ1v) is 9.56. The summed E-state index contributed by atoms with van der Waals surface area (Å²) in [6, 6.07) is 20.4. The molecule has 5 rings (SSSR count). The molecular weight excluding hydrogens is 370 g/mol. The van der Waals surface area contributed by atoms with Gasteiger partial charge in [0, 0.05) is 53.9 Å². The second kappa shape index (κ2) is 8.01. The van der Waals surface area contributed by atoms with Crippen LogP contribution in [0.2, 0.25) is 0 Å². The minimum atomic E-state index is 0.855. The van der Waals surface area contributed by atoms with E-state index in [1.165, 1.54) is 0 Å². The fourth-order valence-corrected chi connectivity index (χ4v) is 3.32. The second-order valence-corrected chi connectivity index (χ2v) is 6.77. The van der Waals surface area contributed by atoms with Crippen molar-refractivity contribution in [3.63, 3.8) is 0 Å². The third kappa shape index (κ3) is 3.69. The van der Waals surface area contributed by atoms with Gasteiger partial charge in [0.1, 0.15) is 0 Å². The van der Waals surface area contributed by atoms with E-state index in [-0.39, 0.29) is 0 Å². The molecule has 30 heavy (non-hydrogen) atoms. The zero-order chi connectivity index (χ0) is 20.2. The van der Waals surface area contributed by atoms with Crippen LogP contribution in [0.3, 0.4) is 0 Å². The van der Waals surface area contributed by atoms with Crippen LogP contribution in [0.4, 0.5) is 0 Å². The first kappa shape index (κ1) is 17.8. The van der Waals surface area contributed by atoms with E-state index in [9.17, 15) is 0 Å². The lowest BCUT2D eigenvalue weighted by molar-refractivity contribution is 1.21. The smallest absolute Gasteiger partial charge is 0.0885 e. The summed E-state index contributed by atoms with van der Waals surface area (Å²) >= 11 is 0. The third-order valence-corrected chi connectivity index (χ3v) is 4.85. The molecule has 0 saturated heterocycles. The monoisotopic (exact) mass is 387 g/mol. The third-order valence-electron chi connectivity index (χ3n) is 4.85. The Morgan fingerprint density at radius 1 is 0.400 bits per heavy atom. The van der Waals surface area contributed by atoms with Crippen LogP contribution >= 0.6 is 0 Å². The van der Waals surface area contributed by atoms with E-state index in [0.29, 0.717) is 0 Å². The normalized spacial score (nSPS) is 10.7. The van der Waals surface area contributed by atoms with E-state index in [0.717, 1.165) is 44.9 Å². The highest BCUT2D eigenvalue weighted by Crippen LogP contribution is 2.30. The molecule has 5 nitrogen and oxygen atoms in total. The molecule has 0 spiro atoms. The fraction of sp³-hybridized carbons (Fsp3) is 0. The summed E-state index contributed by atoms with van der Waals surface area (Å²) in [5, 5.41) is 0. The lowest BCUT2D eigenvalue weighted by Crippen LogP contribution is -1.92. The number of aromatic nitrogens is 5. The van der Waals surface area contributed by atoms with Crippen LogP contribution < -0.4 is 0 Å². The molecule has 1 aromatic carbocycles. The topological polar surface area (TPSA) is 64.5 Å². The maximum absolute atomic E-state index is 4.89. The average Bonchev–Trinajstić information content (AvgIpc) is 2.85. The van der Waals surface area contributed by atoms with Crippen molar-refractivity contribution >= 4 is 0 Å². The van der Waals surface area contributed by atoms with Gasteiger partial charge in [0.2, 0.25) is 0 Å². The van der Waals surface area contributed by atoms with Crippen molar-refractivity contribution in [2.45, 2.75) is 0 Å². The molecule has 0 bridgehead atoms. The Morgan fingerprint density at radius 2 is 0.933 bits per heavy atom. The van der Waals surface area contributed by atoms with Gasteiger partial charge in [0.25, 0.3) is 0 Å². The Bertz CT molecular complexity index is 1200. The van der Waals surface area contributed by atoms with E-state index in [1.54, 1.807) is 43.4 Å². The lowest BCUT2D eigenvalue weighted by Gasteiger charge is -2.10. The molecule has 0 atom stereocenters. The van der Waals surface area contributed by atoms with Crippen LogP contribution in [0.15, 0.2) is 104 Å². The summed E-state index contributed by atoms with van der Waals surface area (Å²) in [5.41, 5.74) is 7.94. The highest BCUT2D eigenvalue weighted by Gasteiger charge is 2.09. The van der Waals surface area contributed by atoms with Crippen molar-refractivity contribution in [2.24, 2.45) is 0 Å². The highest BCUT2D eigenvalue weighted by atomic mass is 14.8. The predicted octanol–water partition coefficient (Wildman–Crippen LogP) is 5.33. The van der Waals surface area contributed by atoms with Crippen LogP contribution in [0.25, 0.3) is 44.9 Å². The summed E-state index contributed by atoms with van der Waals surface area (Å²) in [6.07, 6.45) is 12.3. The summed E-state index contributed by atoms with van der Waals surface area (Å²) in [6.45, 7) is 0. The number of rotatable bonds is 4. The fourth-order valence-electron chi connectivity index (χ4n) is 3.32. The van der Waals surface area contributed by atoms with Crippen molar-refractivity contribution in [1.82, 2.24) is 24.9 Å². The number of hydrogen-bond donors (Lipinski definition) is 0. The number of benzene rings is 1. The van der Waals surface area contributed by atoms with Crippen LogP contribution in [0.1, 0.15) is 0 Å². The van der Waals surface area contributed by atoms with Gasteiger partial charge < -0.3 is 0 Å². The zero-order valence-electron chi connectivity index (χ0n) is 16.1. The molecule has 0 aliphatic heterocycles. The maximum atomic E-state index is 4.89.